The lowest BCUT2D eigenvalue weighted by Gasteiger charge is -2.25. The summed E-state index contributed by atoms with van der Waals surface area (Å²) in [5.74, 6) is 0.00401. The van der Waals surface area contributed by atoms with E-state index in [1.807, 2.05) is 4.90 Å². The zero-order chi connectivity index (χ0) is 29.1. The SMILES string of the molecule is Cn1ncc(NC(=O)c2nc(Br)sc2NC(=O)OC(C)(C)C)c1N1CCC(F)C(NC(=O)OC(C)(C)C)CC1. The highest BCUT2D eigenvalue weighted by atomic mass is 79.9. The van der Waals surface area contributed by atoms with Gasteiger partial charge in [-0.1, -0.05) is 11.3 Å². The summed E-state index contributed by atoms with van der Waals surface area (Å²) in [7, 11) is 1.72. The zero-order valence-corrected chi connectivity index (χ0v) is 25.5. The Morgan fingerprint density at radius 2 is 1.67 bits per heavy atom. The number of nitrogens with one attached hydrogen (secondary N) is 3. The molecule has 0 bridgehead atoms. The van der Waals surface area contributed by atoms with Crippen LogP contribution < -0.4 is 20.9 Å². The number of nitrogens with zero attached hydrogens (tertiary/aromatic N) is 4. The molecule has 1 aliphatic rings. The second-order valence-corrected chi connectivity index (χ2v) is 13.3. The Kier molecular flexibility index (Phi) is 9.47. The van der Waals surface area contributed by atoms with Crippen LogP contribution in [0.15, 0.2) is 10.1 Å². The normalized spacial score (nSPS) is 18.2. The Labute approximate surface area is 239 Å². The Balaban J connectivity index is 1.73. The summed E-state index contributed by atoms with van der Waals surface area (Å²) in [6, 6.07) is -0.718. The van der Waals surface area contributed by atoms with E-state index >= 15 is 0 Å². The number of carbonyl (C=O) groups is 3. The summed E-state index contributed by atoms with van der Waals surface area (Å²) in [4.78, 5) is 43.8. The molecule has 15 heteroatoms. The number of hydrogen-bond donors (Lipinski definition) is 3. The lowest BCUT2D eigenvalue weighted by atomic mass is 10.1. The molecule has 0 spiro atoms. The highest BCUT2D eigenvalue weighted by Gasteiger charge is 2.31. The molecule has 1 aliphatic heterocycles. The monoisotopic (exact) mass is 631 g/mol. The fourth-order valence-corrected chi connectivity index (χ4v) is 5.24. The lowest BCUT2D eigenvalue weighted by Crippen LogP contribution is -2.44. The minimum absolute atomic E-state index is 0.00569. The number of alkyl halides is 1. The van der Waals surface area contributed by atoms with Crippen molar-refractivity contribution in [1.29, 1.82) is 0 Å². The molecule has 1 saturated heterocycles. The molecule has 2 aromatic heterocycles. The standard InChI is InChI=1S/C24H35BrFN7O5S/c1-23(2,3)37-21(35)29-14-9-11-33(10-8-13(14)26)19-15(12-27-32(19)7)28-17(34)16-18(39-20(25)30-16)31-22(36)38-24(4,5)6/h12-14H,8-11H2,1-7H3,(H,28,34)(H,29,35)(H,31,36). The van der Waals surface area contributed by atoms with Crippen LogP contribution in [0.5, 0.6) is 0 Å². The van der Waals surface area contributed by atoms with Gasteiger partial charge in [-0.25, -0.2) is 19.0 Å². The Bertz CT molecular complexity index is 1210. The minimum atomic E-state index is -1.28. The molecule has 0 radical (unpaired) electrons. The van der Waals surface area contributed by atoms with Gasteiger partial charge in [0, 0.05) is 20.1 Å². The average molecular weight is 633 g/mol. The van der Waals surface area contributed by atoms with E-state index in [1.54, 1.807) is 53.3 Å². The van der Waals surface area contributed by atoms with Gasteiger partial charge in [-0.15, -0.1) is 0 Å². The number of carbonyl (C=O) groups excluding carboxylic acids is 3. The Morgan fingerprint density at radius 1 is 1.05 bits per heavy atom. The first-order valence-corrected chi connectivity index (χ1v) is 14.0. The van der Waals surface area contributed by atoms with Gasteiger partial charge in [-0.2, -0.15) is 5.10 Å². The molecular formula is C24H35BrFN7O5S. The molecule has 216 valence electrons. The number of halogens is 2. The smallest absolute Gasteiger partial charge is 0.412 e. The fourth-order valence-electron chi connectivity index (χ4n) is 3.91. The van der Waals surface area contributed by atoms with E-state index in [0.29, 0.717) is 34.9 Å². The van der Waals surface area contributed by atoms with E-state index in [2.05, 4.69) is 42.0 Å². The molecule has 3 rings (SSSR count). The molecule has 2 unspecified atom stereocenters. The summed E-state index contributed by atoms with van der Waals surface area (Å²) < 4.78 is 27.5. The number of amides is 3. The molecule has 3 amide bonds. The van der Waals surface area contributed by atoms with Gasteiger partial charge in [-0.05, 0) is 70.3 Å². The number of alkyl carbamates (subject to hydrolysis) is 1. The molecule has 0 aromatic carbocycles. The average Bonchev–Trinajstić information content (AvgIpc) is 3.26. The van der Waals surface area contributed by atoms with Crippen LogP contribution in [0.25, 0.3) is 0 Å². The van der Waals surface area contributed by atoms with Crippen molar-refractivity contribution in [3.63, 3.8) is 0 Å². The van der Waals surface area contributed by atoms with Crippen LogP contribution in [-0.2, 0) is 16.5 Å². The molecule has 2 aromatic rings. The maximum Gasteiger partial charge on any atom is 0.412 e. The molecule has 0 saturated carbocycles. The Morgan fingerprint density at radius 3 is 2.31 bits per heavy atom. The summed E-state index contributed by atoms with van der Waals surface area (Å²) in [5.41, 5.74) is -1.02. The molecule has 3 N–H and O–H groups in total. The van der Waals surface area contributed by atoms with E-state index in [0.717, 1.165) is 11.3 Å². The summed E-state index contributed by atoms with van der Waals surface area (Å²) in [6.07, 6.45) is -0.687. The first-order valence-electron chi connectivity index (χ1n) is 12.4. The predicted molar refractivity (Wildman–Crippen MR) is 150 cm³/mol. The predicted octanol–water partition coefficient (Wildman–Crippen LogP) is 5.07. The number of aryl methyl sites for hydroxylation is 1. The number of aromatic nitrogens is 3. The number of anilines is 3. The number of hydrogen-bond acceptors (Lipinski definition) is 9. The van der Waals surface area contributed by atoms with E-state index in [9.17, 15) is 18.8 Å². The van der Waals surface area contributed by atoms with Gasteiger partial charge in [0.05, 0.1) is 12.2 Å². The quantitative estimate of drug-likeness (QED) is 0.415. The van der Waals surface area contributed by atoms with Gasteiger partial charge in [-0.3, -0.25) is 14.8 Å². The highest BCUT2D eigenvalue weighted by Crippen LogP contribution is 2.32. The van der Waals surface area contributed by atoms with Gasteiger partial charge in [0.2, 0.25) is 0 Å². The molecule has 12 nitrogen and oxygen atoms in total. The summed E-state index contributed by atoms with van der Waals surface area (Å²) in [6.45, 7) is 11.2. The van der Waals surface area contributed by atoms with Crippen LogP contribution in [0, 0.1) is 0 Å². The summed E-state index contributed by atoms with van der Waals surface area (Å²) in [5, 5.41) is 12.5. The molecule has 39 heavy (non-hydrogen) atoms. The molecule has 1 fully saturated rings. The number of rotatable bonds is 5. The first-order chi connectivity index (χ1) is 18.0. The third-order valence-corrected chi connectivity index (χ3v) is 6.83. The van der Waals surface area contributed by atoms with Crippen molar-refractivity contribution >= 4 is 61.9 Å². The second kappa shape index (κ2) is 12.1. The van der Waals surface area contributed by atoms with Crippen LogP contribution in [-0.4, -0.2) is 69.4 Å². The zero-order valence-electron chi connectivity index (χ0n) is 23.1. The van der Waals surface area contributed by atoms with Crippen molar-refractivity contribution in [2.75, 3.05) is 28.6 Å². The second-order valence-electron chi connectivity index (χ2n) is 11.1. The van der Waals surface area contributed by atoms with Crippen molar-refractivity contribution in [1.82, 2.24) is 20.1 Å². The van der Waals surface area contributed by atoms with Gasteiger partial charge in [0.1, 0.15) is 28.1 Å². The molecule has 0 aliphatic carbocycles. The lowest BCUT2D eigenvalue weighted by molar-refractivity contribution is 0.0471. The van der Waals surface area contributed by atoms with Crippen LogP contribution in [0.2, 0.25) is 0 Å². The van der Waals surface area contributed by atoms with E-state index < -0.39 is 41.5 Å². The van der Waals surface area contributed by atoms with Gasteiger partial charge in [0.15, 0.2) is 15.4 Å². The number of ether oxygens (including phenoxy) is 2. The van der Waals surface area contributed by atoms with Gasteiger partial charge in [0.25, 0.3) is 5.91 Å². The van der Waals surface area contributed by atoms with Gasteiger partial charge < -0.3 is 25.0 Å². The minimum Gasteiger partial charge on any atom is -0.444 e. The third kappa shape index (κ3) is 8.78. The van der Waals surface area contributed by atoms with Gasteiger partial charge >= 0.3 is 12.2 Å². The van der Waals surface area contributed by atoms with Crippen molar-refractivity contribution < 1.29 is 28.2 Å². The van der Waals surface area contributed by atoms with E-state index in [4.69, 9.17) is 9.47 Å². The van der Waals surface area contributed by atoms with Crippen LogP contribution in [0.3, 0.4) is 0 Å². The summed E-state index contributed by atoms with van der Waals surface area (Å²) >= 11 is 4.33. The number of thiazole rings is 1. The van der Waals surface area contributed by atoms with Crippen LogP contribution in [0.4, 0.5) is 30.5 Å². The maximum atomic E-state index is 15.0. The topological polar surface area (TPSA) is 140 Å². The van der Waals surface area contributed by atoms with Crippen LogP contribution in [0.1, 0.15) is 64.9 Å². The van der Waals surface area contributed by atoms with Crippen molar-refractivity contribution in [3.8, 4) is 0 Å². The maximum absolute atomic E-state index is 15.0. The molecule has 2 atom stereocenters. The first kappa shape index (κ1) is 30.6. The van der Waals surface area contributed by atoms with E-state index in [1.165, 1.54) is 6.20 Å². The van der Waals surface area contributed by atoms with E-state index in [-0.39, 0.29) is 17.1 Å². The highest BCUT2D eigenvalue weighted by molar-refractivity contribution is 9.11. The van der Waals surface area contributed by atoms with Crippen molar-refractivity contribution in [3.05, 3.63) is 15.8 Å². The van der Waals surface area contributed by atoms with Crippen molar-refractivity contribution in [2.24, 2.45) is 7.05 Å². The molecule has 3 heterocycles. The molecular weight excluding hydrogens is 597 g/mol. The largest absolute Gasteiger partial charge is 0.444 e. The van der Waals surface area contributed by atoms with Crippen LogP contribution >= 0.6 is 27.3 Å². The Hall–Kier alpha value is -2.94. The third-order valence-electron chi connectivity index (χ3n) is 5.41. The van der Waals surface area contributed by atoms with Crippen molar-refractivity contribution in [2.45, 2.75) is 77.8 Å². The fraction of sp³-hybridized carbons (Fsp3) is 0.625.